The smallest absolute Gasteiger partial charge is 0.331 e. The number of ether oxygens (including phenoxy) is 3. The van der Waals surface area contributed by atoms with Crippen molar-refractivity contribution in [2.75, 3.05) is 27.3 Å². The monoisotopic (exact) mass is 395 g/mol. The first-order valence-corrected chi connectivity index (χ1v) is 9.57. The third kappa shape index (κ3) is 4.96. The Morgan fingerprint density at radius 1 is 0.966 bits per heavy atom. The molecule has 152 valence electrons. The summed E-state index contributed by atoms with van der Waals surface area (Å²) in [6.45, 7) is 1.38. The Morgan fingerprint density at radius 3 is 2.34 bits per heavy atom. The van der Waals surface area contributed by atoms with Gasteiger partial charge in [0.05, 0.1) is 14.2 Å². The van der Waals surface area contributed by atoms with Crippen LogP contribution in [0.25, 0.3) is 6.08 Å². The number of benzene rings is 2. The van der Waals surface area contributed by atoms with E-state index in [0.29, 0.717) is 35.7 Å². The Labute approximate surface area is 170 Å². The Hall–Kier alpha value is -3.28. The summed E-state index contributed by atoms with van der Waals surface area (Å²) in [6.07, 6.45) is 3.86. The number of carbonyl (C=O) groups excluding carboxylic acids is 2. The maximum atomic E-state index is 12.9. The van der Waals surface area contributed by atoms with Crippen molar-refractivity contribution in [3.05, 3.63) is 65.7 Å². The van der Waals surface area contributed by atoms with Gasteiger partial charge in [-0.1, -0.05) is 42.5 Å². The van der Waals surface area contributed by atoms with E-state index >= 15 is 0 Å². The molecule has 6 nitrogen and oxygen atoms in total. The maximum absolute atomic E-state index is 12.9. The Kier molecular flexibility index (Phi) is 6.89. The maximum Gasteiger partial charge on any atom is 0.331 e. The highest BCUT2D eigenvalue weighted by Crippen LogP contribution is 2.31. The van der Waals surface area contributed by atoms with Crippen LogP contribution in [0.5, 0.6) is 11.5 Å². The predicted molar refractivity (Wildman–Crippen MR) is 110 cm³/mol. The van der Waals surface area contributed by atoms with Gasteiger partial charge in [-0.3, -0.25) is 4.79 Å². The van der Waals surface area contributed by atoms with Gasteiger partial charge in [-0.15, -0.1) is 0 Å². The minimum atomic E-state index is -0.960. The number of carbonyl (C=O) groups is 2. The summed E-state index contributed by atoms with van der Waals surface area (Å²) >= 11 is 0. The largest absolute Gasteiger partial charge is 0.493 e. The number of rotatable bonds is 7. The van der Waals surface area contributed by atoms with Gasteiger partial charge in [-0.05, 0) is 25.0 Å². The third-order valence-corrected chi connectivity index (χ3v) is 4.81. The van der Waals surface area contributed by atoms with Gasteiger partial charge < -0.3 is 19.1 Å². The number of amides is 1. The minimum absolute atomic E-state index is 0.186. The van der Waals surface area contributed by atoms with Crippen molar-refractivity contribution >= 4 is 18.0 Å². The number of hydrogen-bond acceptors (Lipinski definition) is 5. The van der Waals surface area contributed by atoms with E-state index in [1.807, 2.05) is 18.2 Å². The first-order chi connectivity index (χ1) is 14.1. The summed E-state index contributed by atoms with van der Waals surface area (Å²) < 4.78 is 16.2. The predicted octanol–water partition coefficient (Wildman–Crippen LogP) is 3.62. The molecule has 0 unspecified atom stereocenters. The summed E-state index contributed by atoms with van der Waals surface area (Å²) in [7, 11) is 3.09. The van der Waals surface area contributed by atoms with Gasteiger partial charge >= 0.3 is 5.97 Å². The molecule has 0 aliphatic carbocycles. The van der Waals surface area contributed by atoms with Gasteiger partial charge in [-0.2, -0.15) is 0 Å². The standard InChI is InChI=1S/C23H25NO5/c1-27-19-12-8-11-18(21(19)28-2)13-14-20(25)29-22(17-9-4-3-5-10-17)23(26)24-15-6-7-16-24/h3-5,8-14,22H,6-7,15-16H2,1-2H3/b14-13+/t22-/m0/s1. The Balaban J connectivity index is 1.78. The lowest BCUT2D eigenvalue weighted by Crippen LogP contribution is -2.34. The first-order valence-electron chi connectivity index (χ1n) is 9.57. The molecule has 1 aliphatic rings. The summed E-state index contributed by atoms with van der Waals surface area (Å²) in [5.41, 5.74) is 1.33. The summed E-state index contributed by atoms with van der Waals surface area (Å²) in [6, 6.07) is 14.5. The number of likely N-dealkylation sites (tertiary alicyclic amines) is 1. The van der Waals surface area contributed by atoms with Crippen LogP contribution in [0.15, 0.2) is 54.6 Å². The molecule has 1 atom stereocenters. The van der Waals surface area contributed by atoms with Gasteiger partial charge in [0.25, 0.3) is 5.91 Å². The van der Waals surface area contributed by atoms with Crippen molar-refractivity contribution in [2.24, 2.45) is 0 Å². The van der Waals surface area contributed by atoms with Gasteiger partial charge in [0.15, 0.2) is 11.5 Å². The zero-order chi connectivity index (χ0) is 20.6. The SMILES string of the molecule is COc1cccc(/C=C/C(=O)O[C@H](C(=O)N2CCCC2)c2ccccc2)c1OC. The van der Waals surface area contributed by atoms with Crippen LogP contribution < -0.4 is 9.47 Å². The average molecular weight is 395 g/mol. The normalized spacial score (nSPS) is 14.6. The number of esters is 1. The number of nitrogens with zero attached hydrogens (tertiary/aromatic N) is 1. The lowest BCUT2D eigenvalue weighted by Gasteiger charge is -2.23. The van der Waals surface area contributed by atoms with Gasteiger partial charge in [0, 0.05) is 30.3 Å². The fourth-order valence-electron chi connectivity index (χ4n) is 3.35. The van der Waals surface area contributed by atoms with Gasteiger partial charge in [0.2, 0.25) is 6.10 Å². The molecule has 0 radical (unpaired) electrons. The van der Waals surface area contributed by atoms with Crippen molar-refractivity contribution in [2.45, 2.75) is 18.9 Å². The van der Waals surface area contributed by atoms with Crippen molar-refractivity contribution in [3.63, 3.8) is 0 Å². The molecule has 6 heteroatoms. The van der Waals surface area contributed by atoms with E-state index in [4.69, 9.17) is 14.2 Å². The molecule has 1 amide bonds. The number of para-hydroxylation sites is 1. The minimum Gasteiger partial charge on any atom is -0.493 e. The summed E-state index contributed by atoms with van der Waals surface area (Å²) in [4.78, 5) is 27.2. The van der Waals surface area contributed by atoms with Crippen LogP contribution in [0.3, 0.4) is 0 Å². The quantitative estimate of drug-likeness (QED) is 0.529. The number of methoxy groups -OCH3 is 2. The van der Waals surface area contributed by atoms with Crippen molar-refractivity contribution in [1.29, 1.82) is 0 Å². The van der Waals surface area contributed by atoms with E-state index in [1.165, 1.54) is 13.2 Å². The van der Waals surface area contributed by atoms with Crippen LogP contribution in [-0.4, -0.2) is 44.1 Å². The topological polar surface area (TPSA) is 65.1 Å². The molecule has 0 bridgehead atoms. The summed E-state index contributed by atoms with van der Waals surface area (Å²) in [5, 5.41) is 0. The zero-order valence-electron chi connectivity index (χ0n) is 16.7. The fraction of sp³-hybridized carbons (Fsp3) is 0.304. The molecule has 29 heavy (non-hydrogen) atoms. The van der Waals surface area contributed by atoms with Crippen molar-refractivity contribution in [3.8, 4) is 11.5 Å². The second kappa shape index (κ2) is 9.78. The zero-order valence-corrected chi connectivity index (χ0v) is 16.7. The molecule has 1 saturated heterocycles. The molecule has 0 saturated carbocycles. The van der Waals surface area contributed by atoms with Crippen molar-refractivity contribution in [1.82, 2.24) is 4.90 Å². The molecule has 1 fully saturated rings. The molecular weight excluding hydrogens is 370 g/mol. The van der Waals surface area contributed by atoms with Gasteiger partial charge in [0.1, 0.15) is 0 Å². The Morgan fingerprint density at radius 2 is 1.69 bits per heavy atom. The second-order valence-electron chi connectivity index (χ2n) is 6.68. The lowest BCUT2D eigenvalue weighted by atomic mass is 10.1. The highest BCUT2D eigenvalue weighted by atomic mass is 16.5. The molecule has 2 aromatic rings. The van der Waals surface area contributed by atoms with E-state index in [9.17, 15) is 9.59 Å². The molecule has 2 aromatic carbocycles. The van der Waals surface area contributed by atoms with Crippen LogP contribution in [0, 0.1) is 0 Å². The second-order valence-corrected chi connectivity index (χ2v) is 6.68. The Bertz CT molecular complexity index is 872. The molecule has 1 heterocycles. The van der Waals surface area contributed by atoms with Crippen LogP contribution in [-0.2, 0) is 14.3 Å². The summed E-state index contributed by atoms with van der Waals surface area (Å²) in [5.74, 6) is 0.298. The third-order valence-electron chi connectivity index (χ3n) is 4.81. The van der Waals surface area contributed by atoms with Gasteiger partial charge in [-0.25, -0.2) is 4.79 Å². The molecule has 0 N–H and O–H groups in total. The van der Waals surface area contributed by atoms with Crippen molar-refractivity contribution < 1.29 is 23.8 Å². The average Bonchev–Trinajstić information content (AvgIpc) is 3.30. The van der Waals surface area contributed by atoms with Crippen LogP contribution in [0.1, 0.15) is 30.1 Å². The highest BCUT2D eigenvalue weighted by molar-refractivity contribution is 5.91. The lowest BCUT2D eigenvalue weighted by molar-refractivity contribution is -0.156. The van der Waals surface area contributed by atoms with Crippen LogP contribution in [0.2, 0.25) is 0 Å². The van der Waals surface area contributed by atoms with E-state index < -0.39 is 12.1 Å². The van der Waals surface area contributed by atoms with E-state index in [1.54, 1.807) is 48.4 Å². The molecular formula is C23H25NO5. The van der Waals surface area contributed by atoms with E-state index in [2.05, 4.69) is 0 Å². The van der Waals surface area contributed by atoms with E-state index in [-0.39, 0.29) is 5.91 Å². The number of hydrogen-bond donors (Lipinski definition) is 0. The molecule has 0 spiro atoms. The van der Waals surface area contributed by atoms with Crippen LogP contribution in [0.4, 0.5) is 0 Å². The fourth-order valence-corrected chi connectivity index (χ4v) is 3.35. The van der Waals surface area contributed by atoms with E-state index in [0.717, 1.165) is 12.8 Å². The molecule has 1 aliphatic heterocycles. The first kappa shape index (κ1) is 20.5. The molecule has 3 rings (SSSR count). The van der Waals surface area contributed by atoms with Crippen LogP contribution >= 0.6 is 0 Å². The highest BCUT2D eigenvalue weighted by Gasteiger charge is 2.30. The molecule has 0 aromatic heterocycles.